The van der Waals surface area contributed by atoms with Crippen LogP contribution in [0.25, 0.3) is 0 Å². The highest BCUT2D eigenvalue weighted by molar-refractivity contribution is 6.17. The first-order chi connectivity index (χ1) is 9.20. The number of rotatable bonds is 4. The molecule has 1 aromatic rings. The maximum atomic E-state index is 13.1. The summed E-state index contributed by atoms with van der Waals surface area (Å²) < 4.78 is 13.1. The highest BCUT2D eigenvalue weighted by Crippen LogP contribution is 2.21. The number of amides is 1. The Balaban J connectivity index is 2.01. The summed E-state index contributed by atoms with van der Waals surface area (Å²) >= 11 is 5.80. The van der Waals surface area contributed by atoms with Gasteiger partial charge in [0.25, 0.3) is 0 Å². The molecule has 2 nitrogen and oxygen atoms in total. The first-order valence-corrected chi connectivity index (χ1v) is 7.34. The second-order valence-electron chi connectivity index (χ2n) is 5.02. The Morgan fingerprint density at radius 2 is 2.26 bits per heavy atom. The van der Waals surface area contributed by atoms with Gasteiger partial charge in [-0.15, -0.1) is 11.6 Å². The molecule has 1 amide bonds. The third-order valence-corrected chi connectivity index (χ3v) is 3.85. The molecule has 1 aliphatic rings. The Bertz CT molecular complexity index is 436. The topological polar surface area (TPSA) is 20.3 Å². The third-order valence-electron chi connectivity index (χ3n) is 3.63. The predicted octanol–water partition coefficient (Wildman–Crippen LogP) is 3.38. The quantitative estimate of drug-likeness (QED) is 0.776. The number of halogens is 2. The number of piperidine rings is 1. The van der Waals surface area contributed by atoms with Gasteiger partial charge in [-0.1, -0.05) is 12.1 Å². The molecule has 0 bridgehead atoms. The van der Waals surface area contributed by atoms with Gasteiger partial charge < -0.3 is 4.90 Å². The second kappa shape index (κ2) is 6.90. The molecule has 104 valence electrons. The van der Waals surface area contributed by atoms with Gasteiger partial charge >= 0.3 is 0 Å². The molecule has 1 aromatic carbocycles. The van der Waals surface area contributed by atoms with Crippen LogP contribution in [0.1, 0.15) is 31.2 Å². The van der Waals surface area contributed by atoms with Gasteiger partial charge in [-0.25, -0.2) is 4.39 Å². The van der Waals surface area contributed by atoms with Crippen LogP contribution in [0.15, 0.2) is 24.3 Å². The average Bonchev–Trinajstić information content (AvgIpc) is 2.39. The van der Waals surface area contributed by atoms with Crippen LogP contribution in [-0.4, -0.2) is 29.3 Å². The molecule has 1 saturated heterocycles. The summed E-state index contributed by atoms with van der Waals surface area (Å²) in [4.78, 5) is 14.3. The van der Waals surface area contributed by atoms with Gasteiger partial charge in [0.05, 0.1) is 6.42 Å². The molecular formula is C15H19ClFNO. The van der Waals surface area contributed by atoms with Crippen LogP contribution in [0.5, 0.6) is 0 Å². The number of nitrogens with zero attached hydrogens (tertiary/aromatic N) is 1. The third kappa shape index (κ3) is 3.93. The summed E-state index contributed by atoms with van der Waals surface area (Å²) in [5.41, 5.74) is 0.736. The fourth-order valence-corrected chi connectivity index (χ4v) is 2.93. The van der Waals surface area contributed by atoms with Crippen molar-refractivity contribution in [1.82, 2.24) is 4.90 Å². The molecular weight excluding hydrogens is 265 g/mol. The molecule has 0 aliphatic carbocycles. The second-order valence-corrected chi connectivity index (χ2v) is 5.40. The van der Waals surface area contributed by atoms with Crippen molar-refractivity contribution in [2.45, 2.75) is 38.1 Å². The van der Waals surface area contributed by atoms with Crippen molar-refractivity contribution in [3.63, 3.8) is 0 Å². The number of hydrogen-bond acceptors (Lipinski definition) is 1. The Morgan fingerprint density at radius 1 is 1.42 bits per heavy atom. The predicted molar refractivity (Wildman–Crippen MR) is 74.8 cm³/mol. The lowest BCUT2D eigenvalue weighted by atomic mass is 9.99. The molecule has 0 N–H and O–H groups in total. The Kier molecular flexibility index (Phi) is 5.20. The van der Waals surface area contributed by atoms with E-state index in [9.17, 15) is 9.18 Å². The molecule has 2 rings (SSSR count). The number of hydrogen-bond donors (Lipinski definition) is 0. The summed E-state index contributed by atoms with van der Waals surface area (Å²) in [6, 6.07) is 6.52. The standard InChI is InChI=1S/C15H19ClFNO/c16-8-7-14-6-1-2-9-18(14)15(19)11-12-4-3-5-13(17)10-12/h3-5,10,14H,1-2,6-9,11H2. The van der Waals surface area contributed by atoms with Crippen LogP contribution in [0.3, 0.4) is 0 Å². The molecule has 1 unspecified atom stereocenters. The van der Waals surface area contributed by atoms with Crippen molar-refractivity contribution in [3.05, 3.63) is 35.6 Å². The smallest absolute Gasteiger partial charge is 0.227 e. The number of carbonyl (C=O) groups excluding carboxylic acids is 1. The normalized spacial score (nSPS) is 19.5. The van der Waals surface area contributed by atoms with Gasteiger partial charge in [0.2, 0.25) is 5.91 Å². The molecule has 0 aromatic heterocycles. The lowest BCUT2D eigenvalue weighted by molar-refractivity contribution is -0.134. The molecule has 4 heteroatoms. The van der Waals surface area contributed by atoms with Gasteiger partial charge in [-0.2, -0.15) is 0 Å². The monoisotopic (exact) mass is 283 g/mol. The van der Waals surface area contributed by atoms with Crippen molar-refractivity contribution >= 4 is 17.5 Å². The van der Waals surface area contributed by atoms with Crippen LogP contribution < -0.4 is 0 Å². The van der Waals surface area contributed by atoms with Crippen molar-refractivity contribution in [2.24, 2.45) is 0 Å². The van der Waals surface area contributed by atoms with E-state index >= 15 is 0 Å². The summed E-state index contributed by atoms with van der Waals surface area (Å²) in [5, 5.41) is 0. The first kappa shape index (κ1) is 14.3. The zero-order valence-corrected chi connectivity index (χ0v) is 11.7. The van der Waals surface area contributed by atoms with Crippen molar-refractivity contribution in [3.8, 4) is 0 Å². The van der Waals surface area contributed by atoms with E-state index in [0.29, 0.717) is 5.88 Å². The largest absolute Gasteiger partial charge is 0.339 e. The SMILES string of the molecule is O=C(Cc1cccc(F)c1)N1CCCCC1CCCl. The molecule has 19 heavy (non-hydrogen) atoms. The summed E-state index contributed by atoms with van der Waals surface area (Å²) in [6.07, 6.45) is 4.35. The summed E-state index contributed by atoms with van der Waals surface area (Å²) in [7, 11) is 0. The van der Waals surface area contributed by atoms with E-state index in [-0.39, 0.29) is 24.2 Å². The average molecular weight is 284 g/mol. The minimum absolute atomic E-state index is 0.0837. The fourth-order valence-electron chi connectivity index (χ4n) is 2.68. The molecule has 0 spiro atoms. The van der Waals surface area contributed by atoms with Crippen LogP contribution in [0, 0.1) is 5.82 Å². The number of alkyl halides is 1. The Labute approximate surface area is 118 Å². The first-order valence-electron chi connectivity index (χ1n) is 6.80. The molecule has 1 atom stereocenters. The number of carbonyl (C=O) groups is 1. The van der Waals surface area contributed by atoms with Gasteiger partial charge in [0, 0.05) is 18.5 Å². The lowest BCUT2D eigenvalue weighted by Crippen LogP contribution is -2.44. The minimum Gasteiger partial charge on any atom is -0.339 e. The highest BCUT2D eigenvalue weighted by Gasteiger charge is 2.25. The van der Waals surface area contributed by atoms with Gasteiger partial charge in [-0.3, -0.25) is 4.79 Å². The van der Waals surface area contributed by atoms with Crippen LogP contribution in [0.2, 0.25) is 0 Å². The van der Waals surface area contributed by atoms with E-state index in [1.165, 1.54) is 12.1 Å². The maximum Gasteiger partial charge on any atom is 0.227 e. The molecule has 0 radical (unpaired) electrons. The van der Waals surface area contributed by atoms with Gasteiger partial charge in [-0.05, 0) is 43.4 Å². The molecule has 0 saturated carbocycles. The van der Waals surface area contributed by atoms with E-state index in [4.69, 9.17) is 11.6 Å². The van der Waals surface area contributed by atoms with E-state index < -0.39 is 0 Å². The summed E-state index contributed by atoms with van der Waals surface area (Å²) in [5.74, 6) is 0.371. The van der Waals surface area contributed by atoms with Crippen molar-refractivity contribution < 1.29 is 9.18 Å². The molecule has 1 heterocycles. The van der Waals surface area contributed by atoms with Crippen LogP contribution in [-0.2, 0) is 11.2 Å². The lowest BCUT2D eigenvalue weighted by Gasteiger charge is -2.35. The zero-order valence-electron chi connectivity index (χ0n) is 10.9. The fraction of sp³-hybridized carbons (Fsp3) is 0.533. The maximum absolute atomic E-state index is 13.1. The highest BCUT2D eigenvalue weighted by atomic mass is 35.5. The van der Waals surface area contributed by atoms with Gasteiger partial charge in [0.1, 0.15) is 5.82 Å². The van der Waals surface area contributed by atoms with E-state index in [1.54, 1.807) is 12.1 Å². The van der Waals surface area contributed by atoms with Crippen LogP contribution in [0.4, 0.5) is 4.39 Å². The van der Waals surface area contributed by atoms with E-state index in [0.717, 1.165) is 37.8 Å². The number of likely N-dealkylation sites (tertiary alicyclic amines) is 1. The van der Waals surface area contributed by atoms with Gasteiger partial charge in [0.15, 0.2) is 0 Å². The van der Waals surface area contributed by atoms with Crippen LogP contribution >= 0.6 is 11.6 Å². The Morgan fingerprint density at radius 3 is 3.00 bits per heavy atom. The van der Waals surface area contributed by atoms with Crippen molar-refractivity contribution in [1.29, 1.82) is 0 Å². The van der Waals surface area contributed by atoms with E-state index in [2.05, 4.69) is 0 Å². The molecule has 1 fully saturated rings. The van der Waals surface area contributed by atoms with Crippen molar-refractivity contribution in [2.75, 3.05) is 12.4 Å². The van der Waals surface area contributed by atoms with E-state index in [1.807, 2.05) is 4.90 Å². The Hall–Kier alpha value is -1.09. The molecule has 1 aliphatic heterocycles. The minimum atomic E-state index is -0.291. The zero-order chi connectivity index (χ0) is 13.7. The summed E-state index contributed by atoms with van der Waals surface area (Å²) in [6.45, 7) is 0.801. The number of benzene rings is 1.